The lowest BCUT2D eigenvalue weighted by Crippen LogP contribution is -2.37. The van der Waals surface area contributed by atoms with Gasteiger partial charge in [-0.25, -0.2) is 0 Å². The number of benzene rings is 3. The van der Waals surface area contributed by atoms with Gasteiger partial charge < -0.3 is 0 Å². The largest absolute Gasteiger partial charge is 0.292 e. The number of hydrogen-bond acceptors (Lipinski definition) is 0. The average molecular weight is 359 g/mol. The van der Waals surface area contributed by atoms with Crippen LogP contribution in [0.15, 0.2) is 84.9 Å². The van der Waals surface area contributed by atoms with Crippen molar-refractivity contribution < 1.29 is 0 Å². The summed E-state index contributed by atoms with van der Waals surface area (Å²) < 4.78 is 0. The first-order valence-corrected chi connectivity index (χ1v) is 14.5. The standard InChI is InChI=1S/C22H25BPSi/c1-25(2,3)18-24(23,20-14-8-5-9-15-20)22-17-11-10-16-21(22)19-12-6-4-7-13-19/h4-17H,18H2,1-3H3. The Bertz CT molecular complexity index is 827. The van der Waals surface area contributed by atoms with E-state index in [-0.39, 0.29) is 0 Å². The Morgan fingerprint density at radius 2 is 1.24 bits per heavy atom. The van der Waals surface area contributed by atoms with E-state index < -0.39 is 15.2 Å². The predicted octanol–water partition coefficient (Wildman–Crippen LogP) is 5.28. The smallest absolute Gasteiger partial charge is 0.0841 e. The molecule has 0 saturated heterocycles. The first-order valence-electron chi connectivity index (χ1n) is 8.77. The summed E-state index contributed by atoms with van der Waals surface area (Å²) in [5.74, 6) is 1.12. The third kappa shape index (κ3) is 4.14. The molecule has 0 fully saturated rings. The van der Waals surface area contributed by atoms with Crippen molar-refractivity contribution in [3.63, 3.8) is 0 Å². The molecule has 0 heterocycles. The van der Waals surface area contributed by atoms with E-state index in [1.54, 1.807) is 0 Å². The number of hydrogen-bond donors (Lipinski definition) is 0. The fourth-order valence-corrected chi connectivity index (χ4v) is 12.8. The summed E-state index contributed by atoms with van der Waals surface area (Å²) in [6, 6.07) is 30.1. The summed E-state index contributed by atoms with van der Waals surface area (Å²) in [6.07, 6.45) is 0. The molecule has 1 unspecified atom stereocenters. The molecule has 0 bridgehead atoms. The molecule has 3 heteroatoms. The second-order valence-electron chi connectivity index (χ2n) is 7.81. The van der Waals surface area contributed by atoms with Crippen LogP contribution >= 0.6 is 7.14 Å². The Labute approximate surface area is 155 Å². The molecule has 3 aromatic carbocycles. The Balaban J connectivity index is 2.22. The summed E-state index contributed by atoms with van der Waals surface area (Å²) in [5.41, 5.74) is 2.53. The van der Waals surface area contributed by atoms with Crippen molar-refractivity contribution in [3.8, 4) is 11.1 Å². The fourth-order valence-electron chi connectivity index (χ4n) is 3.44. The Kier molecular flexibility index (Phi) is 5.32. The molecule has 25 heavy (non-hydrogen) atoms. The zero-order valence-corrected chi connectivity index (χ0v) is 17.2. The highest BCUT2D eigenvalue weighted by Gasteiger charge is 2.33. The fraction of sp³-hybridized carbons (Fsp3) is 0.182. The second kappa shape index (κ2) is 7.32. The second-order valence-corrected chi connectivity index (χ2v) is 16.9. The molecule has 0 nitrogen and oxygen atoms in total. The van der Waals surface area contributed by atoms with Crippen LogP contribution in [-0.2, 0) is 0 Å². The van der Waals surface area contributed by atoms with Crippen molar-refractivity contribution in [1.82, 2.24) is 0 Å². The van der Waals surface area contributed by atoms with Gasteiger partial charge in [-0.15, -0.1) is 0 Å². The van der Waals surface area contributed by atoms with Crippen molar-refractivity contribution in [3.05, 3.63) is 84.9 Å². The minimum absolute atomic E-state index is 1.12. The molecule has 0 aliphatic carbocycles. The van der Waals surface area contributed by atoms with Gasteiger partial charge in [0, 0.05) is 16.7 Å². The first-order chi connectivity index (χ1) is 11.9. The van der Waals surface area contributed by atoms with Gasteiger partial charge in [0.05, 0.1) is 13.4 Å². The number of rotatable bonds is 5. The Hall–Kier alpha value is -1.63. The average Bonchev–Trinajstić information content (AvgIpc) is 2.62. The maximum absolute atomic E-state index is 7.31. The van der Waals surface area contributed by atoms with Gasteiger partial charge >= 0.3 is 0 Å². The Morgan fingerprint density at radius 1 is 0.720 bits per heavy atom. The Morgan fingerprint density at radius 3 is 1.84 bits per heavy atom. The molecule has 125 valence electrons. The van der Waals surface area contributed by atoms with E-state index in [0.717, 1.165) is 5.79 Å². The van der Waals surface area contributed by atoms with Crippen molar-refractivity contribution in [2.45, 2.75) is 19.6 Å². The van der Waals surface area contributed by atoms with Crippen molar-refractivity contribution in [2.75, 3.05) is 5.79 Å². The molecule has 0 aliphatic heterocycles. The third-order valence-corrected chi connectivity index (χ3v) is 12.6. The topological polar surface area (TPSA) is 0 Å². The predicted molar refractivity (Wildman–Crippen MR) is 118 cm³/mol. The zero-order valence-electron chi connectivity index (χ0n) is 15.3. The van der Waals surface area contributed by atoms with Gasteiger partial charge in [-0.1, -0.05) is 86.4 Å². The molecule has 3 aromatic rings. The van der Waals surface area contributed by atoms with Gasteiger partial charge in [0.25, 0.3) is 0 Å². The third-order valence-electron chi connectivity index (χ3n) is 4.36. The lowest BCUT2D eigenvalue weighted by Gasteiger charge is -2.42. The molecule has 0 aliphatic rings. The summed E-state index contributed by atoms with van der Waals surface area (Å²) >= 11 is 0. The van der Waals surface area contributed by atoms with Crippen LogP contribution in [-0.4, -0.2) is 21.4 Å². The first kappa shape index (κ1) is 18.2. The molecule has 3 radical (unpaired) electrons. The van der Waals surface area contributed by atoms with Crippen LogP contribution in [0, 0.1) is 0 Å². The molecule has 0 amide bonds. The minimum Gasteiger partial charge on any atom is -0.292 e. The normalized spacial score (nSPS) is 14.1. The lowest BCUT2D eigenvalue weighted by molar-refractivity contribution is 1.62. The minimum atomic E-state index is -1.94. The van der Waals surface area contributed by atoms with E-state index >= 15 is 0 Å². The SMILES string of the molecule is [B-][P+](C[Si](C)(C)C)(c1ccccc1)c1ccccc1-c1ccccc1. The van der Waals surface area contributed by atoms with Gasteiger partial charge in [0.1, 0.15) is 0 Å². The van der Waals surface area contributed by atoms with Crippen LogP contribution in [0.4, 0.5) is 0 Å². The highest BCUT2D eigenvalue weighted by molar-refractivity contribution is 8.09. The van der Waals surface area contributed by atoms with Crippen molar-refractivity contribution in [2.24, 2.45) is 0 Å². The van der Waals surface area contributed by atoms with Crippen molar-refractivity contribution >= 4 is 33.4 Å². The van der Waals surface area contributed by atoms with Crippen LogP contribution in [0.3, 0.4) is 0 Å². The van der Waals surface area contributed by atoms with Gasteiger partial charge in [0.2, 0.25) is 0 Å². The molecular formula is C22H25BPSi. The van der Waals surface area contributed by atoms with Crippen LogP contribution < -0.4 is 10.6 Å². The van der Waals surface area contributed by atoms with Crippen LogP contribution in [0.5, 0.6) is 0 Å². The van der Waals surface area contributed by atoms with Gasteiger partial charge in [-0.2, -0.15) is 7.14 Å². The van der Waals surface area contributed by atoms with E-state index in [2.05, 4.69) is 105 Å². The van der Waals surface area contributed by atoms with Gasteiger partial charge in [-0.05, 0) is 23.8 Å². The molecule has 0 spiro atoms. The van der Waals surface area contributed by atoms with Crippen LogP contribution in [0.25, 0.3) is 11.1 Å². The van der Waals surface area contributed by atoms with Gasteiger partial charge in [0.15, 0.2) is 0 Å². The molecule has 0 saturated carbocycles. The van der Waals surface area contributed by atoms with E-state index in [1.807, 2.05) is 0 Å². The maximum atomic E-state index is 7.31. The highest BCUT2D eigenvalue weighted by atomic mass is 31.2. The molecule has 3 rings (SSSR count). The summed E-state index contributed by atoms with van der Waals surface area (Å²) in [5, 5.41) is 2.63. The quantitative estimate of drug-likeness (QED) is 0.429. The van der Waals surface area contributed by atoms with Gasteiger partial charge in [-0.3, -0.25) is 7.57 Å². The summed E-state index contributed by atoms with van der Waals surface area (Å²) in [7, 11) is 4.02. The summed E-state index contributed by atoms with van der Waals surface area (Å²) in [6.45, 7) is 7.26. The lowest BCUT2D eigenvalue weighted by atomic mass is 10.1. The highest BCUT2D eigenvalue weighted by Crippen LogP contribution is 2.55. The van der Waals surface area contributed by atoms with E-state index in [4.69, 9.17) is 7.57 Å². The zero-order chi connectivity index (χ0) is 17.9. The monoisotopic (exact) mass is 359 g/mol. The van der Waals surface area contributed by atoms with E-state index in [0.29, 0.717) is 0 Å². The molecular weight excluding hydrogens is 334 g/mol. The van der Waals surface area contributed by atoms with E-state index in [9.17, 15) is 0 Å². The van der Waals surface area contributed by atoms with Crippen LogP contribution in [0.2, 0.25) is 19.6 Å². The maximum Gasteiger partial charge on any atom is 0.0841 e. The van der Waals surface area contributed by atoms with E-state index in [1.165, 1.54) is 21.7 Å². The van der Waals surface area contributed by atoms with Crippen molar-refractivity contribution in [1.29, 1.82) is 0 Å². The summed E-state index contributed by atoms with van der Waals surface area (Å²) in [4.78, 5) is 0. The molecule has 0 N–H and O–H groups in total. The molecule has 0 aromatic heterocycles. The molecule has 1 atom stereocenters. The van der Waals surface area contributed by atoms with Crippen LogP contribution in [0.1, 0.15) is 0 Å².